The Morgan fingerprint density at radius 1 is 1.38 bits per heavy atom. The van der Waals surface area contributed by atoms with Gasteiger partial charge >= 0.3 is 6.01 Å². The Labute approximate surface area is 98.9 Å². The van der Waals surface area contributed by atoms with Crippen molar-refractivity contribution in [2.24, 2.45) is 0 Å². The fourth-order valence-electron chi connectivity index (χ4n) is 0.936. The van der Waals surface area contributed by atoms with E-state index in [-0.39, 0.29) is 6.61 Å². The molecular weight excluding hydrogens is 228 g/mol. The molecule has 16 heavy (non-hydrogen) atoms. The molecule has 0 spiro atoms. The monoisotopic (exact) mass is 244 g/mol. The summed E-state index contributed by atoms with van der Waals surface area (Å²) in [6.45, 7) is 2.57. The molecular formula is C9H16N4O2S. The second-order valence-electron chi connectivity index (χ2n) is 2.83. The van der Waals surface area contributed by atoms with Crippen molar-refractivity contribution in [3.63, 3.8) is 0 Å². The Morgan fingerprint density at radius 2 is 2.19 bits per heavy atom. The van der Waals surface area contributed by atoms with Gasteiger partial charge in [-0.15, -0.1) is 0 Å². The summed E-state index contributed by atoms with van der Waals surface area (Å²) < 4.78 is 5.23. The lowest BCUT2D eigenvalue weighted by atomic mass is 10.5. The van der Waals surface area contributed by atoms with Crippen LogP contribution in [0, 0.1) is 0 Å². The van der Waals surface area contributed by atoms with Crippen molar-refractivity contribution in [2.45, 2.75) is 18.5 Å². The van der Waals surface area contributed by atoms with Crippen LogP contribution >= 0.6 is 11.8 Å². The first-order valence-corrected chi connectivity index (χ1v) is 6.09. The van der Waals surface area contributed by atoms with E-state index in [2.05, 4.69) is 20.3 Å². The first kappa shape index (κ1) is 13.0. The molecule has 2 N–H and O–H groups in total. The lowest BCUT2D eigenvalue weighted by Gasteiger charge is -2.05. The van der Waals surface area contributed by atoms with Crippen LogP contribution in [0.5, 0.6) is 6.01 Å². The minimum absolute atomic E-state index is 0.176. The number of hydrogen-bond donors (Lipinski definition) is 2. The standard InChI is InChI=1S/C9H16N4O2S/c1-3-15-8-11-7(10-2)12-9(13-8)16-6-4-5-14/h14H,3-6H2,1-2H3,(H,10,11,12,13). The van der Waals surface area contributed by atoms with E-state index in [9.17, 15) is 0 Å². The molecule has 1 heterocycles. The van der Waals surface area contributed by atoms with Gasteiger partial charge in [0.15, 0.2) is 5.16 Å². The molecule has 1 aromatic heterocycles. The number of hydrogen-bond acceptors (Lipinski definition) is 7. The number of aromatic nitrogens is 3. The predicted octanol–water partition coefficient (Wildman–Crippen LogP) is 0.786. The summed E-state index contributed by atoms with van der Waals surface area (Å²) in [6, 6.07) is 0.327. The fourth-order valence-corrected chi connectivity index (χ4v) is 1.69. The highest BCUT2D eigenvalue weighted by molar-refractivity contribution is 7.99. The molecule has 0 fully saturated rings. The van der Waals surface area contributed by atoms with E-state index < -0.39 is 0 Å². The van der Waals surface area contributed by atoms with Gasteiger partial charge < -0.3 is 15.2 Å². The molecule has 0 aliphatic carbocycles. The van der Waals surface area contributed by atoms with E-state index in [1.165, 1.54) is 11.8 Å². The summed E-state index contributed by atoms with van der Waals surface area (Å²) in [5.41, 5.74) is 0. The molecule has 0 aliphatic heterocycles. The highest BCUT2D eigenvalue weighted by Gasteiger charge is 2.06. The largest absolute Gasteiger partial charge is 0.464 e. The van der Waals surface area contributed by atoms with Crippen molar-refractivity contribution in [1.82, 2.24) is 15.0 Å². The van der Waals surface area contributed by atoms with Crippen LogP contribution in [0.3, 0.4) is 0 Å². The van der Waals surface area contributed by atoms with Crippen molar-refractivity contribution >= 4 is 17.7 Å². The third kappa shape index (κ3) is 4.19. The zero-order valence-electron chi connectivity index (χ0n) is 9.43. The maximum absolute atomic E-state index is 8.68. The quantitative estimate of drug-likeness (QED) is 0.542. The molecule has 0 radical (unpaired) electrons. The van der Waals surface area contributed by atoms with Gasteiger partial charge in [-0.2, -0.15) is 15.0 Å². The van der Waals surface area contributed by atoms with Crippen LogP contribution in [0.4, 0.5) is 5.95 Å². The third-order valence-electron chi connectivity index (χ3n) is 1.63. The number of aliphatic hydroxyl groups is 1. The van der Waals surface area contributed by atoms with Crippen LogP contribution in [0.15, 0.2) is 5.16 Å². The van der Waals surface area contributed by atoms with Gasteiger partial charge in [-0.1, -0.05) is 11.8 Å². The van der Waals surface area contributed by atoms with E-state index in [4.69, 9.17) is 9.84 Å². The minimum atomic E-state index is 0.176. The lowest BCUT2D eigenvalue weighted by Crippen LogP contribution is -2.05. The van der Waals surface area contributed by atoms with Gasteiger partial charge in [0.2, 0.25) is 5.95 Å². The van der Waals surface area contributed by atoms with E-state index in [1.807, 2.05) is 6.92 Å². The van der Waals surface area contributed by atoms with E-state index >= 15 is 0 Å². The van der Waals surface area contributed by atoms with Crippen LogP contribution < -0.4 is 10.1 Å². The number of thioether (sulfide) groups is 1. The topological polar surface area (TPSA) is 80.2 Å². The fraction of sp³-hybridized carbons (Fsp3) is 0.667. The number of anilines is 1. The number of nitrogens with zero attached hydrogens (tertiary/aromatic N) is 3. The molecule has 0 aromatic carbocycles. The molecule has 6 nitrogen and oxygen atoms in total. The van der Waals surface area contributed by atoms with Crippen LogP contribution in [0.1, 0.15) is 13.3 Å². The average Bonchev–Trinajstić information content (AvgIpc) is 2.29. The Bertz CT molecular complexity index is 324. The summed E-state index contributed by atoms with van der Waals surface area (Å²) >= 11 is 1.47. The summed E-state index contributed by atoms with van der Waals surface area (Å²) in [5.74, 6) is 1.26. The molecule has 0 bridgehead atoms. The highest BCUT2D eigenvalue weighted by atomic mass is 32.2. The van der Waals surface area contributed by atoms with E-state index in [1.54, 1.807) is 7.05 Å². The average molecular weight is 244 g/mol. The maximum atomic E-state index is 8.68. The second-order valence-corrected chi connectivity index (χ2v) is 3.89. The van der Waals surface area contributed by atoms with Gasteiger partial charge in [0, 0.05) is 19.4 Å². The van der Waals surface area contributed by atoms with E-state index in [0.29, 0.717) is 23.7 Å². The zero-order valence-corrected chi connectivity index (χ0v) is 10.3. The smallest absolute Gasteiger partial charge is 0.322 e. The molecule has 90 valence electrons. The van der Waals surface area contributed by atoms with Gasteiger partial charge in [0.1, 0.15) is 0 Å². The van der Waals surface area contributed by atoms with Crippen molar-refractivity contribution in [2.75, 3.05) is 31.3 Å². The maximum Gasteiger partial charge on any atom is 0.322 e. The first-order chi connectivity index (χ1) is 7.80. The molecule has 0 saturated heterocycles. The van der Waals surface area contributed by atoms with Crippen molar-refractivity contribution < 1.29 is 9.84 Å². The highest BCUT2D eigenvalue weighted by Crippen LogP contribution is 2.17. The number of rotatable bonds is 7. The molecule has 1 aromatic rings. The van der Waals surface area contributed by atoms with E-state index in [0.717, 1.165) is 12.2 Å². The minimum Gasteiger partial charge on any atom is -0.464 e. The number of nitrogens with one attached hydrogen (secondary N) is 1. The molecule has 0 amide bonds. The Hall–Kier alpha value is -1.08. The van der Waals surface area contributed by atoms with Gasteiger partial charge in [-0.25, -0.2) is 0 Å². The Balaban J connectivity index is 2.69. The predicted molar refractivity (Wildman–Crippen MR) is 63.0 cm³/mol. The van der Waals surface area contributed by atoms with Crippen LogP contribution in [-0.4, -0.2) is 46.1 Å². The van der Waals surface area contributed by atoms with Crippen molar-refractivity contribution in [1.29, 1.82) is 0 Å². The van der Waals surface area contributed by atoms with Gasteiger partial charge in [0.25, 0.3) is 0 Å². The zero-order chi connectivity index (χ0) is 11.8. The van der Waals surface area contributed by atoms with Gasteiger partial charge in [-0.05, 0) is 13.3 Å². The third-order valence-corrected chi connectivity index (χ3v) is 2.56. The van der Waals surface area contributed by atoms with Crippen LogP contribution in [0.25, 0.3) is 0 Å². The molecule has 0 aliphatic rings. The molecule has 7 heteroatoms. The van der Waals surface area contributed by atoms with Crippen molar-refractivity contribution in [3.8, 4) is 6.01 Å². The lowest BCUT2D eigenvalue weighted by molar-refractivity contribution is 0.296. The Morgan fingerprint density at radius 3 is 2.81 bits per heavy atom. The number of aliphatic hydroxyl groups excluding tert-OH is 1. The van der Waals surface area contributed by atoms with Crippen LogP contribution in [0.2, 0.25) is 0 Å². The second kappa shape index (κ2) is 7.24. The Kier molecular flexibility index (Phi) is 5.87. The molecule has 0 saturated carbocycles. The first-order valence-electron chi connectivity index (χ1n) is 5.10. The molecule has 0 unspecified atom stereocenters. The number of ether oxygens (including phenoxy) is 1. The SMILES string of the molecule is CCOc1nc(NC)nc(SCCCO)n1. The normalized spacial score (nSPS) is 10.2. The van der Waals surface area contributed by atoms with Gasteiger partial charge in [0.05, 0.1) is 6.61 Å². The summed E-state index contributed by atoms with van der Waals surface area (Å²) in [6.07, 6.45) is 0.717. The molecule has 1 rings (SSSR count). The van der Waals surface area contributed by atoms with Crippen LogP contribution in [-0.2, 0) is 0 Å². The van der Waals surface area contributed by atoms with Crippen molar-refractivity contribution in [3.05, 3.63) is 0 Å². The van der Waals surface area contributed by atoms with Gasteiger partial charge in [-0.3, -0.25) is 0 Å². The summed E-state index contributed by atoms with van der Waals surface area (Å²) in [7, 11) is 1.74. The molecule has 0 atom stereocenters. The summed E-state index contributed by atoms with van der Waals surface area (Å²) in [5, 5.41) is 12.1. The summed E-state index contributed by atoms with van der Waals surface area (Å²) in [4.78, 5) is 12.4.